The highest BCUT2D eigenvalue weighted by atomic mass is 32.1. The summed E-state index contributed by atoms with van der Waals surface area (Å²) in [5.74, 6) is 0.0665. The molecule has 1 aliphatic heterocycles. The van der Waals surface area contributed by atoms with E-state index in [4.69, 9.17) is 18.0 Å². The van der Waals surface area contributed by atoms with Gasteiger partial charge >= 0.3 is 0 Å². The number of amides is 1. The summed E-state index contributed by atoms with van der Waals surface area (Å²) in [5, 5.41) is 3.29. The van der Waals surface area contributed by atoms with Crippen molar-refractivity contribution in [1.82, 2.24) is 10.2 Å². The maximum Gasteiger partial charge on any atom is 0.209 e. The van der Waals surface area contributed by atoms with Crippen molar-refractivity contribution in [2.45, 2.75) is 38.1 Å². The zero-order valence-corrected chi connectivity index (χ0v) is 15.1. The van der Waals surface area contributed by atoms with E-state index in [1.54, 1.807) is 17.0 Å². The number of benzene rings is 1. The first-order chi connectivity index (χ1) is 11.3. The highest BCUT2D eigenvalue weighted by Crippen LogP contribution is 2.23. The van der Waals surface area contributed by atoms with Gasteiger partial charge in [-0.2, -0.15) is 0 Å². The van der Waals surface area contributed by atoms with E-state index < -0.39 is 0 Å². The Bertz CT molecular complexity index is 568. The molecule has 0 bridgehead atoms. The second-order valence-corrected chi connectivity index (χ2v) is 7.55. The fraction of sp³-hybridized carbons (Fsp3) is 0.556. The van der Waals surface area contributed by atoms with Gasteiger partial charge in [0, 0.05) is 25.0 Å². The van der Waals surface area contributed by atoms with Crippen LogP contribution < -0.4 is 11.1 Å². The highest BCUT2D eigenvalue weighted by molar-refractivity contribution is 7.80. The molecule has 4 nitrogen and oxygen atoms in total. The number of halogens is 1. The molecule has 0 aliphatic carbocycles. The van der Waals surface area contributed by atoms with Crippen molar-refractivity contribution < 1.29 is 9.18 Å². The molecule has 1 aromatic rings. The molecular weight excluding hydrogens is 325 g/mol. The maximum atomic E-state index is 13.1. The van der Waals surface area contributed by atoms with E-state index in [-0.39, 0.29) is 17.3 Å². The fourth-order valence-corrected chi connectivity index (χ4v) is 3.29. The monoisotopic (exact) mass is 351 g/mol. The lowest BCUT2D eigenvalue weighted by Gasteiger charge is -2.34. The van der Waals surface area contributed by atoms with Gasteiger partial charge in [0.1, 0.15) is 5.82 Å². The number of nitrogens with zero attached hydrogens (tertiary/aromatic N) is 1. The van der Waals surface area contributed by atoms with E-state index in [1.165, 1.54) is 12.1 Å². The SMILES string of the molecule is CC(C)(CNC(=S)C(N)C1CCN(C=O)CC1)c1ccc(F)cc1. The zero-order valence-electron chi connectivity index (χ0n) is 14.3. The molecular formula is C18H26FN3OS. The first-order valence-corrected chi connectivity index (χ1v) is 8.73. The van der Waals surface area contributed by atoms with Gasteiger partial charge < -0.3 is 16.0 Å². The van der Waals surface area contributed by atoms with Crippen molar-refractivity contribution in [1.29, 1.82) is 0 Å². The molecule has 1 fully saturated rings. The fourth-order valence-electron chi connectivity index (χ4n) is 3.03. The summed E-state index contributed by atoms with van der Waals surface area (Å²) in [6.07, 6.45) is 2.65. The average molecular weight is 351 g/mol. The Labute approximate surface area is 148 Å². The molecule has 1 amide bonds. The number of likely N-dealkylation sites (tertiary alicyclic amines) is 1. The summed E-state index contributed by atoms with van der Waals surface area (Å²) >= 11 is 5.47. The predicted molar refractivity (Wildman–Crippen MR) is 98.4 cm³/mol. The minimum Gasteiger partial charge on any atom is -0.377 e. The molecule has 1 heterocycles. The molecule has 1 atom stereocenters. The van der Waals surface area contributed by atoms with Crippen LogP contribution in [0.25, 0.3) is 0 Å². The average Bonchev–Trinajstić information content (AvgIpc) is 2.59. The standard InChI is InChI=1S/C18H26FN3OS/c1-18(2,14-3-5-15(19)6-4-14)11-21-17(24)16(20)13-7-9-22(12-23)10-8-13/h3-6,12-13,16H,7-11,20H2,1-2H3,(H,21,24). The van der Waals surface area contributed by atoms with Crippen molar-refractivity contribution >= 4 is 23.6 Å². The number of rotatable bonds is 6. The second-order valence-electron chi connectivity index (χ2n) is 7.11. The minimum absolute atomic E-state index is 0.182. The number of thiocarbonyl (C=S) groups is 1. The van der Waals surface area contributed by atoms with Crippen LogP contribution in [0.2, 0.25) is 0 Å². The van der Waals surface area contributed by atoms with Crippen molar-refractivity contribution in [3.05, 3.63) is 35.6 Å². The van der Waals surface area contributed by atoms with Crippen LogP contribution in [0, 0.1) is 11.7 Å². The van der Waals surface area contributed by atoms with Crippen LogP contribution in [0.4, 0.5) is 4.39 Å². The van der Waals surface area contributed by atoms with Crippen LogP contribution >= 0.6 is 12.2 Å². The van der Waals surface area contributed by atoms with Gasteiger partial charge in [-0.3, -0.25) is 4.79 Å². The Hall–Kier alpha value is -1.53. The number of nitrogens with two attached hydrogens (primary N) is 1. The topological polar surface area (TPSA) is 58.4 Å². The normalized spacial score (nSPS) is 17.4. The van der Waals surface area contributed by atoms with E-state index in [0.29, 0.717) is 17.5 Å². The van der Waals surface area contributed by atoms with Gasteiger partial charge in [0.05, 0.1) is 11.0 Å². The van der Waals surface area contributed by atoms with Crippen LogP contribution in [-0.2, 0) is 10.2 Å². The smallest absolute Gasteiger partial charge is 0.209 e. The first-order valence-electron chi connectivity index (χ1n) is 8.32. The Morgan fingerprint density at radius 2 is 2.00 bits per heavy atom. The van der Waals surface area contributed by atoms with Gasteiger partial charge in [0.15, 0.2) is 0 Å². The zero-order chi connectivity index (χ0) is 17.7. The molecule has 3 N–H and O–H groups in total. The lowest BCUT2D eigenvalue weighted by Crippen LogP contribution is -2.50. The van der Waals surface area contributed by atoms with Crippen LogP contribution in [0.1, 0.15) is 32.3 Å². The summed E-state index contributed by atoms with van der Waals surface area (Å²) in [6, 6.07) is 6.35. The molecule has 0 spiro atoms. The Morgan fingerprint density at radius 3 is 2.54 bits per heavy atom. The van der Waals surface area contributed by atoms with E-state index >= 15 is 0 Å². The third-order valence-corrected chi connectivity index (χ3v) is 5.28. The Kier molecular flexibility index (Phi) is 6.29. The molecule has 0 saturated carbocycles. The van der Waals surface area contributed by atoms with Gasteiger partial charge in [-0.25, -0.2) is 4.39 Å². The lowest BCUT2D eigenvalue weighted by atomic mass is 9.84. The molecule has 0 radical (unpaired) electrons. The minimum atomic E-state index is -0.235. The molecule has 6 heteroatoms. The molecule has 0 aromatic heterocycles. The summed E-state index contributed by atoms with van der Waals surface area (Å²) < 4.78 is 13.1. The van der Waals surface area contributed by atoms with Crippen LogP contribution in [0.5, 0.6) is 0 Å². The molecule has 2 rings (SSSR count). The number of hydrogen-bond acceptors (Lipinski definition) is 3. The van der Waals surface area contributed by atoms with Crippen molar-refractivity contribution in [3.8, 4) is 0 Å². The first kappa shape index (κ1) is 18.8. The summed E-state index contributed by atoms with van der Waals surface area (Å²) in [7, 11) is 0. The Balaban J connectivity index is 1.87. The largest absolute Gasteiger partial charge is 0.377 e. The predicted octanol–water partition coefficient (Wildman–Crippen LogP) is 2.22. The molecule has 24 heavy (non-hydrogen) atoms. The van der Waals surface area contributed by atoms with Gasteiger partial charge in [0.25, 0.3) is 0 Å². The summed E-state index contributed by atoms with van der Waals surface area (Å²) in [4.78, 5) is 13.2. The third kappa shape index (κ3) is 4.74. The number of hydrogen-bond donors (Lipinski definition) is 2. The number of carbonyl (C=O) groups is 1. The van der Waals surface area contributed by atoms with Gasteiger partial charge in [-0.15, -0.1) is 0 Å². The van der Waals surface area contributed by atoms with Crippen LogP contribution in [-0.4, -0.2) is 42.0 Å². The van der Waals surface area contributed by atoms with Crippen LogP contribution in [0.15, 0.2) is 24.3 Å². The number of carbonyl (C=O) groups excluding carboxylic acids is 1. The molecule has 1 saturated heterocycles. The second kappa shape index (κ2) is 8.03. The van der Waals surface area contributed by atoms with E-state index in [0.717, 1.165) is 37.9 Å². The van der Waals surface area contributed by atoms with Gasteiger partial charge in [-0.05, 0) is 36.5 Å². The number of nitrogens with one attached hydrogen (secondary N) is 1. The van der Waals surface area contributed by atoms with Gasteiger partial charge in [-0.1, -0.05) is 38.2 Å². The quantitative estimate of drug-likeness (QED) is 0.609. The maximum absolute atomic E-state index is 13.1. The summed E-state index contributed by atoms with van der Waals surface area (Å²) in [5.41, 5.74) is 7.17. The van der Waals surface area contributed by atoms with Gasteiger partial charge in [0.2, 0.25) is 6.41 Å². The highest BCUT2D eigenvalue weighted by Gasteiger charge is 2.27. The number of piperidine rings is 1. The molecule has 1 unspecified atom stereocenters. The van der Waals surface area contributed by atoms with Crippen molar-refractivity contribution in [3.63, 3.8) is 0 Å². The van der Waals surface area contributed by atoms with E-state index in [1.807, 2.05) is 0 Å². The molecule has 1 aromatic carbocycles. The Morgan fingerprint density at radius 1 is 1.42 bits per heavy atom. The lowest BCUT2D eigenvalue weighted by molar-refractivity contribution is -0.119. The molecule has 132 valence electrons. The van der Waals surface area contributed by atoms with E-state index in [2.05, 4.69) is 19.2 Å². The third-order valence-electron chi connectivity index (χ3n) is 4.86. The van der Waals surface area contributed by atoms with Crippen molar-refractivity contribution in [2.24, 2.45) is 11.7 Å². The van der Waals surface area contributed by atoms with Crippen molar-refractivity contribution in [2.75, 3.05) is 19.6 Å². The molecule has 1 aliphatic rings. The van der Waals surface area contributed by atoms with Crippen LogP contribution in [0.3, 0.4) is 0 Å². The summed E-state index contributed by atoms with van der Waals surface area (Å²) in [6.45, 7) is 6.29. The van der Waals surface area contributed by atoms with E-state index in [9.17, 15) is 9.18 Å².